The molecular formula is C6H12FNO3S. The molecule has 1 fully saturated rings. The van der Waals surface area contributed by atoms with Gasteiger partial charge in [0.1, 0.15) is 6.67 Å². The molecule has 0 aromatic rings. The van der Waals surface area contributed by atoms with E-state index in [9.17, 15) is 12.8 Å². The van der Waals surface area contributed by atoms with E-state index in [0.717, 1.165) is 0 Å². The fraction of sp³-hybridized carbons (Fsp3) is 1.00. The third-order valence-electron chi connectivity index (χ3n) is 1.84. The van der Waals surface area contributed by atoms with E-state index in [1.54, 1.807) is 0 Å². The van der Waals surface area contributed by atoms with Gasteiger partial charge in [0, 0.05) is 5.54 Å². The van der Waals surface area contributed by atoms with Crippen LogP contribution in [0.5, 0.6) is 0 Å². The first-order chi connectivity index (χ1) is 5.37. The second kappa shape index (κ2) is 2.93. The SMILES string of the molecule is NC1(CC(O)CF)CS(=O)(=O)C1. The van der Waals surface area contributed by atoms with Crippen LogP contribution in [0, 0.1) is 0 Å². The molecular weight excluding hydrogens is 185 g/mol. The Hall–Kier alpha value is -0.200. The second-order valence-corrected chi connectivity index (χ2v) is 5.47. The monoisotopic (exact) mass is 197 g/mol. The Morgan fingerprint density at radius 3 is 2.42 bits per heavy atom. The number of sulfone groups is 1. The molecule has 0 aliphatic carbocycles. The van der Waals surface area contributed by atoms with Gasteiger partial charge in [-0.25, -0.2) is 12.8 Å². The van der Waals surface area contributed by atoms with Gasteiger partial charge in [0.2, 0.25) is 0 Å². The van der Waals surface area contributed by atoms with Gasteiger partial charge < -0.3 is 10.8 Å². The number of aliphatic hydroxyl groups is 1. The van der Waals surface area contributed by atoms with E-state index in [1.165, 1.54) is 0 Å². The van der Waals surface area contributed by atoms with Crippen molar-refractivity contribution < 1.29 is 17.9 Å². The van der Waals surface area contributed by atoms with E-state index in [2.05, 4.69) is 0 Å². The summed E-state index contributed by atoms with van der Waals surface area (Å²) in [4.78, 5) is 0. The van der Waals surface area contributed by atoms with Crippen LogP contribution in [0.3, 0.4) is 0 Å². The molecule has 0 radical (unpaired) electrons. The Balaban J connectivity index is 2.45. The van der Waals surface area contributed by atoms with Crippen LogP contribution in [-0.2, 0) is 9.84 Å². The van der Waals surface area contributed by atoms with Gasteiger partial charge in [0.05, 0.1) is 17.6 Å². The predicted octanol–water partition coefficient (Wildman–Crippen LogP) is -1.17. The highest BCUT2D eigenvalue weighted by atomic mass is 32.2. The number of halogens is 1. The first-order valence-corrected chi connectivity index (χ1v) is 5.42. The van der Waals surface area contributed by atoms with E-state index in [1.807, 2.05) is 0 Å². The Bertz CT molecular complexity index is 252. The summed E-state index contributed by atoms with van der Waals surface area (Å²) >= 11 is 0. The van der Waals surface area contributed by atoms with Crippen molar-refractivity contribution in [3.05, 3.63) is 0 Å². The molecule has 1 atom stereocenters. The number of rotatable bonds is 3. The molecule has 0 aromatic heterocycles. The van der Waals surface area contributed by atoms with Gasteiger partial charge >= 0.3 is 0 Å². The van der Waals surface area contributed by atoms with Crippen molar-refractivity contribution in [2.45, 2.75) is 18.1 Å². The molecule has 1 unspecified atom stereocenters. The summed E-state index contributed by atoms with van der Waals surface area (Å²) in [7, 11) is -3.00. The number of aliphatic hydroxyl groups excluding tert-OH is 1. The minimum Gasteiger partial charge on any atom is -0.390 e. The van der Waals surface area contributed by atoms with Crippen molar-refractivity contribution in [2.24, 2.45) is 5.73 Å². The Morgan fingerprint density at radius 1 is 1.58 bits per heavy atom. The van der Waals surface area contributed by atoms with Crippen LogP contribution in [0.25, 0.3) is 0 Å². The van der Waals surface area contributed by atoms with Crippen molar-refractivity contribution in [3.63, 3.8) is 0 Å². The third-order valence-corrected chi connectivity index (χ3v) is 3.86. The molecule has 6 heteroatoms. The molecule has 1 rings (SSSR count). The summed E-state index contributed by atoms with van der Waals surface area (Å²) in [6.07, 6.45) is -1.12. The minimum atomic E-state index is -3.00. The third kappa shape index (κ3) is 2.15. The molecule has 12 heavy (non-hydrogen) atoms. The maximum atomic E-state index is 11.8. The van der Waals surface area contributed by atoms with E-state index in [-0.39, 0.29) is 17.9 Å². The summed E-state index contributed by atoms with van der Waals surface area (Å²) in [5, 5.41) is 8.88. The standard InChI is InChI=1S/C6H12FNO3S/c7-2-5(9)1-6(8)3-12(10,11)4-6/h5,9H,1-4,8H2. The first kappa shape index (κ1) is 9.88. The van der Waals surface area contributed by atoms with Gasteiger partial charge in [-0.2, -0.15) is 0 Å². The Morgan fingerprint density at radius 2 is 2.08 bits per heavy atom. The lowest BCUT2D eigenvalue weighted by Gasteiger charge is -2.38. The zero-order valence-corrected chi connectivity index (χ0v) is 7.35. The minimum absolute atomic E-state index is 0.0166. The van der Waals surface area contributed by atoms with Crippen molar-refractivity contribution >= 4 is 9.84 Å². The van der Waals surface area contributed by atoms with Crippen LogP contribution in [0.1, 0.15) is 6.42 Å². The topological polar surface area (TPSA) is 80.4 Å². The van der Waals surface area contributed by atoms with Crippen molar-refractivity contribution in [1.82, 2.24) is 0 Å². The summed E-state index contributed by atoms with van der Waals surface area (Å²) in [6.45, 7) is -0.876. The average Bonchev–Trinajstić information content (AvgIpc) is 1.82. The largest absolute Gasteiger partial charge is 0.390 e. The molecule has 0 amide bonds. The van der Waals surface area contributed by atoms with Gasteiger partial charge in [-0.05, 0) is 6.42 Å². The maximum Gasteiger partial charge on any atom is 0.153 e. The molecule has 1 saturated heterocycles. The molecule has 1 heterocycles. The van der Waals surface area contributed by atoms with Crippen LogP contribution in [0.2, 0.25) is 0 Å². The summed E-state index contributed by atoms with van der Waals surface area (Å²) in [5.74, 6) is -0.284. The zero-order chi connectivity index (χ0) is 9.41. The average molecular weight is 197 g/mol. The molecule has 3 N–H and O–H groups in total. The summed E-state index contributed by atoms with van der Waals surface area (Å²) in [5.41, 5.74) is 4.65. The first-order valence-electron chi connectivity index (χ1n) is 3.60. The van der Waals surface area contributed by atoms with Crippen LogP contribution in [0.15, 0.2) is 0 Å². The highest BCUT2D eigenvalue weighted by Crippen LogP contribution is 2.25. The molecule has 1 aliphatic rings. The molecule has 0 saturated carbocycles. The molecule has 1 aliphatic heterocycles. The van der Waals surface area contributed by atoms with E-state index < -0.39 is 28.2 Å². The lowest BCUT2D eigenvalue weighted by Crippen LogP contribution is -2.62. The number of alkyl halides is 1. The van der Waals surface area contributed by atoms with Gasteiger partial charge in [-0.1, -0.05) is 0 Å². The van der Waals surface area contributed by atoms with Crippen LogP contribution in [0.4, 0.5) is 4.39 Å². The van der Waals surface area contributed by atoms with Crippen molar-refractivity contribution in [1.29, 1.82) is 0 Å². The number of hydrogen-bond donors (Lipinski definition) is 2. The maximum absolute atomic E-state index is 11.8. The van der Waals surface area contributed by atoms with Crippen LogP contribution < -0.4 is 5.73 Å². The molecule has 0 spiro atoms. The number of hydrogen-bond acceptors (Lipinski definition) is 4. The van der Waals surface area contributed by atoms with Gasteiger partial charge in [-0.15, -0.1) is 0 Å². The molecule has 0 aromatic carbocycles. The van der Waals surface area contributed by atoms with E-state index in [4.69, 9.17) is 10.8 Å². The Kier molecular flexibility index (Phi) is 2.42. The fourth-order valence-electron chi connectivity index (χ4n) is 1.48. The normalized spacial score (nSPS) is 27.6. The van der Waals surface area contributed by atoms with Gasteiger partial charge in [0.25, 0.3) is 0 Å². The predicted molar refractivity (Wildman–Crippen MR) is 42.2 cm³/mol. The van der Waals surface area contributed by atoms with Gasteiger partial charge in [-0.3, -0.25) is 0 Å². The van der Waals surface area contributed by atoms with Crippen molar-refractivity contribution in [2.75, 3.05) is 18.2 Å². The molecule has 4 nitrogen and oxygen atoms in total. The Labute approximate surface area is 70.5 Å². The van der Waals surface area contributed by atoms with E-state index in [0.29, 0.717) is 0 Å². The van der Waals surface area contributed by atoms with Gasteiger partial charge in [0.15, 0.2) is 9.84 Å². The summed E-state index contributed by atoms with van der Waals surface area (Å²) < 4.78 is 33.2. The quantitative estimate of drug-likeness (QED) is 0.597. The lowest BCUT2D eigenvalue weighted by molar-refractivity contribution is 0.109. The molecule has 0 bridgehead atoms. The summed E-state index contributed by atoms with van der Waals surface area (Å²) in [6, 6.07) is 0. The molecule has 72 valence electrons. The van der Waals surface area contributed by atoms with Crippen LogP contribution >= 0.6 is 0 Å². The lowest BCUT2D eigenvalue weighted by atomic mass is 9.97. The smallest absolute Gasteiger partial charge is 0.153 e. The highest BCUT2D eigenvalue weighted by Gasteiger charge is 2.46. The van der Waals surface area contributed by atoms with E-state index >= 15 is 0 Å². The second-order valence-electron chi connectivity index (χ2n) is 3.41. The zero-order valence-electron chi connectivity index (χ0n) is 6.53. The fourth-order valence-corrected chi connectivity index (χ4v) is 3.38. The van der Waals surface area contributed by atoms with Crippen LogP contribution in [-0.4, -0.2) is 43.3 Å². The highest BCUT2D eigenvalue weighted by molar-refractivity contribution is 7.93. The van der Waals surface area contributed by atoms with Crippen molar-refractivity contribution in [3.8, 4) is 0 Å². The number of nitrogens with two attached hydrogens (primary N) is 1.